The first kappa shape index (κ1) is 34.1. The number of nitrogens with zero attached hydrogens (tertiary/aromatic N) is 1. The largest absolute Gasteiger partial charge is 0.456 e. The molecule has 280 valence electrons. The van der Waals surface area contributed by atoms with Crippen molar-refractivity contribution in [2.75, 3.05) is 4.90 Å². The van der Waals surface area contributed by atoms with Crippen molar-refractivity contribution in [2.45, 2.75) is 0 Å². The molecule has 0 spiro atoms. The SMILES string of the molecule is c1ccc(-c2ccc(-c3ccc(N(c4ccc(-c5ccc6c7ccccc7c7c(ccc8oc9ccccc9c87)c6c5)cc4)c4ccc5ccccc5c4)cc3)cc2)cc1. The number of anilines is 3. The van der Waals surface area contributed by atoms with Gasteiger partial charge in [-0.1, -0.05) is 164 Å². The molecule has 0 amide bonds. The Bertz CT molecular complexity index is 3570. The van der Waals surface area contributed by atoms with Gasteiger partial charge in [-0.25, -0.2) is 0 Å². The quantitative estimate of drug-likeness (QED) is 0.157. The topological polar surface area (TPSA) is 16.4 Å². The lowest BCUT2D eigenvalue weighted by atomic mass is 9.90. The number of fused-ring (bicyclic) bond motifs is 11. The third kappa shape index (κ3) is 5.65. The lowest BCUT2D eigenvalue weighted by Gasteiger charge is -2.26. The normalized spacial score (nSPS) is 11.7. The molecule has 0 aliphatic rings. The molecule has 12 rings (SSSR count). The van der Waals surface area contributed by atoms with Crippen molar-refractivity contribution in [3.05, 3.63) is 224 Å². The van der Waals surface area contributed by atoms with Crippen molar-refractivity contribution >= 4 is 82.1 Å². The first-order valence-corrected chi connectivity index (χ1v) is 20.6. The zero-order valence-electron chi connectivity index (χ0n) is 32.7. The van der Waals surface area contributed by atoms with Gasteiger partial charge in [0.25, 0.3) is 0 Å². The second-order valence-electron chi connectivity index (χ2n) is 15.7. The Morgan fingerprint density at radius 2 is 0.733 bits per heavy atom. The van der Waals surface area contributed by atoms with Gasteiger partial charge in [0.1, 0.15) is 11.2 Å². The third-order valence-corrected chi connectivity index (χ3v) is 12.2. The van der Waals surface area contributed by atoms with Crippen LogP contribution in [0, 0.1) is 0 Å². The molecule has 0 saturated carbocycles. The summed E-state index contributed by atoms with van der Waals surface area (Å²) in [5.41, 5.74) is 12.3. The molecule has 0 radical (unpaired) electrons. The van der Waals surface area contributed by atoms with E-state index in [0.717, 1.165) is 33.6 Å². The minimum Gasteiger partial charge on any atom is -0.456 e. The summed E-state index contributed by atoms with van der Waals surface area (Å²) in [4.78, 5) is 2.36. The molecule has 0 aliphatic heterocycles. The van der Waals surface area contributed by atoms with E-state index in [1.54, 1.807) is 0 Å². The molecule has 12 aromatic rings. The number of hydrogen-bond donors (Lipinski definition) is 0. The maximum Gasteiger partial charge on any atom is 0.136 e. The van der Waals surface area contributed by atoms with Crippen LogP contribution >= 0.6 is 0 Å². The van der Waals surface area contributed by atoms with Crippen LogP contribution in [0.1, 0.15) is 0 Å². The molecule has 0 unspecified atom stereocenters. The predicted octanol–water partition coefficient (Wildman–Crippen LogP) is 16.7. The van der Waals surface area contributed by atoms with Gasteiger partial charge in [0.15, 0.2) is 0 Å². The van der Waals surface area contributed by atoms with Crippen LogP contribution in [0.25, 0.3) is 98.4 Å². The van der Waals surface area contributed by atoms with E-state index < -0.39 is 0 Å². The van der Waals surface area contributed by atoms with E-state index in [2.05, 4.69) is 223 Å². The summed E-state index contributed by atoms with van der Waals surface area (Å²) < 4.78 is 6.37. The van der Waals surface area contributed by atoms with Crippen molar-refractivity contribution in [3.63, 3.8) is 0 Å². The van der Waals surface area contributed by atoms with Crippen LogP contribution in [0.5, 0.6) is 0 Å². The standard InChI is InChI=1S/C58H37NO/c1-2-10-38(11-3-1)40-18-20-41(21-19-40)42-22-28-46(29-23-42)59(48-32-26-39-12-4-5-13-44(39)36-48)47-30-24-43(25-31-47)45-27-33-50-49-14-6-7-15-51(49)57-52(54(50)37-45)34-35-56-58(57)53-16-8-9-17-55(53)60-56/h1-37H. The minimum atomic E-state index is 0.917. The monoisotopic (exact) mass is 763 g/mol. The van der Waals surface area contributed by atoms with E-state index in [9.17, 15) is 0 Å². The highest BCUT2D eigenvalue weighted by molar-refractivity contribution is 6.34. The zero-order valence-corrected chi connectivity index (χ0v) is 32.7. The van der Waals surface area contributed by atoms with Crippen LogP contribution in [-0.2, 0) is 0 Å². The minimum absolute atomic E-state index is 0.917. The van der Waals surface area contributed by atoms with Gasteiger partial charge in [-0.3, -0.25) is 0 Å². The van der Waals surface area contributed by atoms with Gasteiger partial charge in [-0.05, 0) is 132 Å². The van der Waals surface area contributed by atoms with Gasteiger partial charge in [-0.15, -0.1) is 0 Å². The molecule has 0 saturated heterocycles. The highest BCUT2D eigenvalue weighted by atomic mass is 16.3. The number of hydrogen-bond acceptors (Lipinski definition) is 2. The number of furan rings is 1. The Hall–Kier alpha value is -7.94. The first-order valence-electron chi connectivity index (χ1n) is 20.6. The zero-order chi connectivity index (χ0) is 39.6. The smallest absolute Gasteiger partial charge is 0.136 e. The van der Waals surface area contributed by atoms with Crippen molar-refractivity contribution in [2.24, 2.45) is 0 Å². The summed E-state index contributed by atoms with van der Waals surface area (Å²) in [5, 5.41) is 12.2. The molecule has 0 fully saturated rings. The Labute approximate surface area is 347 Å². The van der Waals surface area contributed by atoms with Crippen molar-refractivity contribution in [3.8, 4) is 33.4 Å². The molecule has 11 aromatic carbocycles. The molecule has 2 heteroatoms. The van der Waals surface area contributed by atoms with Crippen molar-refractivity contribution in [1.29, 1.82) is 0 Å². The molecule has 1 aromatic heterocycles. The van der Waals surface area contributed by atoms with E-state index in [-0.39, 0.29) is 0 Å². The molecule has 2 nitrogen and oxygen atoms in total. The van der Waals surface area contributed by atoms with Crippen molar-refractivity contribution in [1.82, 2.24) is 0 Å². The number of benzene rings is 11. The molecular weight excluding hydrogens is 727 g/mol. The fraction of sp³-hybridized carbons (Fsp3) is 0. The van der Waals surface area contributed by atoms with Gasteiger partial charge in [0, 0.05) is 33.2 Å². The fourth-order valence-electron chi connectivity index (χ4n) is 9.29. The summed E-state index contributed by atoms with van der Waals surface area (Å²) in [6.45, 7) is 0. The van der Waals surface area contributed by atoms with E-state index in [0.29, 0.717) is 0 Å². The van der Waals surface area contributed by atoms with Crippen LogP contribution < -0.4 is 4.90 Å². The average Bonchev–Trinajstić information content (AvgIpc) is 3.71. The molecule has 0 bridgehead atoms. The van der Waals surface area contributed by atoms with Crippen LogP contribution in [0.2, 0.25) is 0 Å². The Morgan fingerprint density at radius 1 is 0.250 bits per heavy atom. The number of rotatable bonds is 6. The molecule has 0 aliphatic carbocycles. The summed E-state index contributed by atoms with van der Waals surface area (Å²) in [6, 6.07) is 81.2. The fourth-order valence-corrected chi connectivity index (χ4v) is 9.29. The molecule has 60 heavy (non-hydrogen) atoms. The van der Waals surface area contributed by atoms with E-state index in [4.69, 9.17) is 4.42 Å². The van der Waals surface area contributed by atoms with Gasteiger partial charge >= 0.3 is 0 Å². The average molecular weight is 764 g/mol. The third-order valence-electron chi connectivity index (χ3n) is 12.2. The lowest BCUT2D eigenvalue weighted by molar-refractivity contribution is 0.669. The van der Waals surface area contributed by atoms with Gasteiger partial charge in [-0.2, -0.15) is 0 Å². The highest BCUT2D eigenvalue weighted by Crippen LogP contribution is 2.44. The van der Waals surface area contributed by atoms with Crippen LogP contribution in [0.4, 0.5) is 17.1 Å². The summed E-state index contributed by atoms with van der Waals surface area (Å²) >= 11 is 0. The summed E-state index contributed by atoms with van der Waals surface area (Å²) in [6.07, 6.45) is 0. The molecule has 1 heterocycles. The lowest BCUT2D eigenvalue weighted by Crippen LogP contribution is -2.09. The second-order valence-corrected chi connectivity index (χ2v) is 15.7. The van der Waals surface area contributed by atoms with E-state index in [1.807, 2.05) is 6.07 Å². The first-order chi connectivity index (χ1) is 29.7. The second kappa shape index (κ2) is 13.9. The Kier molecular flexibility index (Phi) is 7.89. The van der Waals surface area contributed by atoms with Crippen LogP contribution in [0.15, 0.2) is 229 Å². The Balaban J connectivity index is 0.948. The van der Waals surface area contributed by atoms with Crippen molar-refractivity contribution < 1.29 is 4.42 Å². The number of para-hydroxylation sites is 1. The van der Waals surface area contributed by atoms with Gasteiger partial charge < -0.3 is 9.32 Å². The molecular formula is C58H37NO. The van der Waals surface area contributed by atoms with E-state index in [1.165, 1.54) is 81.9 Å². The van der Waals surface area contributed by atoms with E-state index >= 15 is 0 Å². The van der Waals surface area contributed by atoms with Crippen LogP contribution in [-0.4, -0.2) is 0 Å². The molecule has 0 atom stereocenters. The highest BCUT2D eigenvalue weighted by Gasteiger charge is 2.18. The Morgan fingerprint density at radius 3 is 1.45 bits per heavy atom. The van der Waals surface area contributed by atoms with Gasteiger partial charge in [0.05, 0.1) is 0 Å². The maximum atomic E-state index is 6.37. The maximum absolute atomic E-state index is 6.37. The van der Waals surface area contributed by atoms with Crippen LogP contribution in [0.3, 0.4) is 0 Å². The predicted molar refractivity (Wildman–Crippen MR) is 255 cm³/mol. The summed E-state index contributed by atoms with van der Waals surface area (Å²) in [5.74, 6) is 0. The molecule has 0 N–H and O–H groups in total. The van der Waals surface area contributed by atoms with Gasteiger partial charge in [0.2, 0.25) is 0 Å². The summed E-state index contributed by atoms with van der Waals surface area (Å²) in [7, 11) is 0.